The van der Waals surface area contributed by atoms with Crippen LogP contribution in [0.2, 0.25) is 0 Å². The first-order valence-corrected chi connectivity index (χ1v) is 6.78. The van der Waals surface area contributed by atoms with Crippen LogP contribution in [0, 0.1) is 0 Å². The fourth-order valence-electron chi connectivity index (χ4n) is 1.44. The van der Waals surface area contributed by atoms with E-state index < -0.39 is 6.17 Å². The predicted octanol–water partition coefficient (Wildman–Crippen LogP) is 0.410. The molecule has 0 radical (unpaired) electrons. The number of nitrogens with one attached hydrogen (secondary N) is 2. The Morgan fingerprint density at radius 2 is 1.95 bits per heavy atom. The molecule has 0 spiro atoms. The third-order valence-corrected chi connectivity index (χ3v) is 2.43. The van der Waals surface area contributed by atoms with Crippen molar-refractivity contribution in [2.75, 3.05) is 40.0 Å². The molecule has 6 nitrogen and oxygen atoms in total. The molecule has 1 unspecified atom stereocenters. The second kappa shape index (κ2) is 12.8. The standard InChI is InChI=1S/C13H25FN2O4/c1-11(17)16-8-12(14)9-20-7-5-3-4-6-15-13(18)10-19-2/h12H,3-10H2,1-2H3,(H,15,18)(H,16,17). The van der Waals surface area contributed by atoms with Crippen LogP contribution in [-0.2, 0) is 19.1 Å². The Balaban J connectivity index is 3.24. The first kappa shape index (κ1) is 18.8. The summed E-state index contributed by atoms with van der Waals surface area (Å²) in [6, 6.07) is 0. The number of carbonyl (C=O) groups is 2. The van der Waals surface area contributed by atoms with Gasteiger partial charge in [-0.25, -0.2) is 4.39 Å². The number of ether oxygens (including phenoxy) is 2. The predicted molar refractivity (Wildman–Crippen MR) is 73.1 cm³/mol. The first-order chi connectivity index (χ1) is 9.56. The van der Waals surface area contributed by atoms with E-state index in [0.29, 0.717) is 13.2 Å². The average molecular weight is 292 g/mol. The summed E-state index contributed by atoms with van der Waals surface area (Å²) in [5.41, 5.74) is 0. The smallest absolute Gasteiger partial charge is 0.245 e. The van der Waals surface area contributed by atoms with Gasteiger partial charge in [-0.05, 0) is 19.3 Å². The zero-order valence-corrected chi connectivity index (χ0v) is 12.2. The molecule has 2 amide bonds. The molecule has 0 saturated carbocycles. The van der Waals surface area contributed by atoms with E-state index in [-0.39, 0.29) is 31.6 Å². The number of unbranched alkanes of at least 4 members (excludes halogenated alkanes) is 2. The van der Waals surface area contributed by atoms with Gasteiger partial charge in [-0.1, -0.05) is 0 Å². The highest BCUT2D eigenvalue weighted by molar-refractivity contribution is 5.77. The lowest BCUT2D eigenvalue weighted by Crippen LogP contribution is -2.30. The molecule has 2 N–H and O–H groups in total. The Hall–Kier alpha value is -1.21. The second-order valence-corrected chi connectivity index (χ2v) is 4.45. The van der Waals surface area contributed by atoms with Crippen LogP contribution in [0.25, 0.3) is 0 Å². The zero-order chi connectivity index (χ0) is 15.2. The van der Waals surface area contributed by atoms with Crippen LogP contribution in [-0.4, -0.2) is 58.0 Å². The van der Waals surface area contributed by atoms with Crippen LogP contribution in [0.15, 0.2) is 0 Å². The van der Waals surface area contributed by atoms with Crippen molar-refractivity contribution in [3.63, 3.8) is 0 Å². The average Bonchev–Trinajstić information content (AvgIpc) is 2.39. The van der Waals surface area contributed by atoms with Crippen molar-refractivity contribution in [3.8, 4) is 0 Å². The van der Waals surface area contributed by atoms with Gasteiger partial charge < -0.3 is 20.1 Å². The van der Waals surface area contributed by atoms with Crippen molar-refractivity contribution in [3.05, 3.63) is 0 Å². The topological polar surface area (TPSA) is 76.7 Å². The third-order valence-electron chi connectivity index (χ3n) is 2.43. The molecule has 0 aromatic heterocycles. The Morgan fingerprint density at radius 1 is 1.20 bits per heavy atom. The van der Waals surface area contributed by atoms with Gasteiger partial charge >= 0.3 is 0 Å². The largest absolute Gasteiger partial charge is 0.378 e. The lowest BCUT2D eigenvalue weighted by molar-refractivity contribution is -0.124. The molecular formula is C13H25FN2O4. The zero-order valence-electron chi connectivity index (χ0n) is 12.2. The van der Waals surface area contributed by atoms with Crippen molar-refractivity contribution in [1.29, 1.82) is 0 Å². The van der Waals surface area contributed by atoms with E-state index in [4.69, 9.17) is 4.74 Å². The van der Waals surface area contributed by atoms with E-state index in [1.165, 1.54) is 14.0 Å². The monoisotopic (exact) mass is 292 g/mol. The molecule has 0 aromatic carbocycles. The molecule has 0 aliphatic carbocycles. The SMILES string of the molecule is COCC(=O)NCCCCCOCC(F)CNC(C)=O. The number of rotatable bonds is 12. The van der Waals surface area contributed by atoms with Crippen LogP contribution in [0.1, 0.15) is 26.2 Å². The molecular weight excluding hydrogens is 267 g/mol. The summed E-state index contributed by atoms with van der Waals surface area (Å²) in [7, 11) is 1.47. The fraction of sp³-hybridized carbons (Fsp3) is 0.846. The number of hydrogen-bond donors (Lipinski definition) is 2. The molecule has 20 heavy (non-hydrogen) atoms. The lowest BCUT2D eigenvalue weighted by atomic mass is 10.2. The minimum atomic E-state index is -1.17. The molecule has 7 heteroatoms. The summed E-state index contributed by atoms with van der Waals surface area (Å²) in [5, 5.41) is 5.11. The summed E-state index contributed by atoms with van der Waals surface area (Å²) in [6.45, 7) is 2.49. The van der Waals surface area contributed by atoms with E-state index in [1.807, 2.05) is 0 Å². The highest BCUT2D eigenvalue weighted by Gasteiger charge is 2.06. The molecule has 0 fully saturated rings. The van der Waals surface area contributed by atoms with Gasteiger partial charge in [0.2, 0.25) is 11.8 Å². The number of carbonyl (C=O) groups excluding carboxylic acids is 2. The molecule has 0 rings (SSSR count). The number of hydrogen-bond acceptors (Lipinski definition) is 4. The Kier molecular flexibility index (Phi) is 12.0. The van der Waals surface area contributed by atoms with Crippen molar-refractivity contribution in [1.82, 2.24) is 10.6 Å². The van der Waals surface area contributed by atoms with Crippen LogP contribution >= 0.6 is 0 Å². The van der Waals surface area contributed by atoms with E-state index >= 15 is 0 Å². The maximum Gasteiger partial charge on any atom is 0.245 e. The molecule has 0 aliphatic heterocycles. The normalized spacial score (nSPS) is 11.9. The first-order valence-electron chi connectivity index (χ1n) is 6.78. The van der Waals surface area contributed by atoms with E-state index in [1.54, 1.807) is 0 Å². The van der Waals surface area contributed by atoms with Crippen LogP contribution < -0.4 is 10.6 Å². The lowest BCUT2D eigenvalue weighted by Gasteiger charge is -2.09. The minimum Gasteiger partial charge on any atom is -0.378 e. The van der Waals surface area contributed by atoms with Crippen LogP contribution in [0.4, 0.5) is 4.39 Å². The third kappa shape index (κ3) is 13.2. The van der Waals surface area contributed by atoms with Gasteiger partial charge in [-0.15, -0.1) is 0 Å². The molecule has 1 atom stereocenters. The summed E-state index contributed by atoms with van der Waals surface area (Å²) in [6.07, 6.45) is 1.39. The molecule has 0 bridgehead atoms. The van der Waals surface area contributed by atoms with Gasteiger partial charge in [0.1, 0.15) is 12.8 Å². The second-order valence-electron chi connectivity index (χ2n) is 4.45. The van der Waals surface area contributed by atoms with E-state index in [2.05, 4.69) is 15.4 Å². The van der Waals surface area contributed by atoms with Gasteiger partial charge in [-0.3, -0.25) is 9.59 Å². The van der Waals surface area contributed by atoms with Gasteiger partial charge in [0.05, 0.1) is 13.2 Å². The highest BCUT2D eigenvalue weighted by Crippen LogP contribution is 1.97. The van der Waals surface area contributed by atoms with E-state index in [0.717, 1.165) is 19.3 Å². The molecule has 0 heterocycles. The molecule has 118 valence electrons. The molecule has 0 aromatic rings. The number of methoxy groups -OCH3 is 1. The molecule has 0 aliphatic rings. The number of halogens is 1. The van der Waals surface area contributed by atoms with Crippen molar-refractivity contribution in [2.45, 2.75) is 32.4 Å². The fourth-order valence-corrected chi connectivity index (χ4v) is 1.44. The van der Waals surface area contributed by atoms with Crippen molar-refractivity contribution < 1.29 is 23.5 Å². The summed E-state index contributed by atoms with van der Waals surface area (Å²) >= 11 is 0. The Bertz CT molecular complexity index is 277. The van der Waals surface area contributed by atoms with Crippen LogP contribution in [0.5, 0.6) is 0 Å². The van der Waals surface area contributed by atoms with Gasteiger partial charge in [0.25, 0.3) is 0 Å². The summed E-state index contributed by atoms with van der Waals surface area (Å²) < 4.78 is 23.0. The number of amides is 2. The van der Waals surface area contributed by atoms with Crippen molar-refractivity contribution in [2.24, 2.45) is 0 Å². The van der Waals surface area contributed by atoms with Gasteiger partial charge in [0, 0.05) is 27.2 Å². The Morgan fingerprint density at radius 3 is 2.60 bits per heavy atom. The summed E-state index contributed by atoms with van der Waals surface area (Å²) in [5.74, 6) is -0.370. The van der Waals surface area contributed by atoms with Gasteiger partial charge in [0.15, 0.2) is 0 Å². The van der Waals surface area contributed by atoms with E-state index in [9.17, 15) is 14.0 Å². The highest BCUT2D eigenvalue weighted by atomic mass is 19.1. The molecule has 0 saturated heterocycles. The summed E-state index contributed by atoms with van der Waals surface area (Å²) in [4.78, 5) is 21.6. The quantitative estimate of drug-likeness (QED) is 0.511. The maximum absolute atomic E-state index is 13.2. The maximum atomic E-state index is 13.2. The minimum absolute atomic E-state index is 0.00907. The Labute approximate surface area is 119 Å². The van der Waals surface area contributed by atoms with Crippen molar-refractivity contribution >= 4 is 11.8 Å². The van der Waals surface area contributed by atoms with Gasteiger partial charge in [-0.2, -0.15) is 0 Å². The number of alkyl halides is 1. The van der Waals surface area contributed by atoms with Crippen LogP contribution in [0.3, 0.4) is 0 Å².